The number of anilines is 1. The van der Waals surface area contributed by atoms with E-state index in [1.165, 1.54) is 6.07 Å². The van der Waals surface area contributed by atoms with Crippen molar-refractivity contribution in [1.29, 1.82) is 0 Å². The topological polar surface area (TPSA) is 50.3 Å². The van der Waals surface area contributed by atoms with Crippen molar-refractivity contribution in [2.75, 3.05) is 11.9 Å². The Balaban J connectivity index is 1.72. The van der Waals surface area contributed by atoms with Gasteiger partial charge in [0.05, 0.1) is 0 Å². The van der Waals surface area contributed by atoms with Crippen molar-refractivity contribution in [3.63, 3.8) is 0 Å². The number of nitrogens with zero attached hydrogens (tertiary/aromatic N) is 2. The van der Waals surface area contributed by atoms with Crippen molar-refractivity contribution in [2.45, 2.75) is 33.1 Å². The lowest BCUT2D eigenvalue weighted by Crippen LogP contribution is -2.24. The van der Waals surface area contributed by atoms with E-state index < -0.39 is 5.82 Å². The zero-order valence-corrected chi connectivity index (χ0v) is 17.5. The molecule has 4 nitrogen and oxygen atoms in total. The van der Waals surface area contributed by atoms with Gasteiger partial charge in [0.15, 0.2) is 5.78 Å². The Kier molecular flexibility index (Phi) is 6.72. The van der Waals surface area contributed by atoms with E-state index in [9.17, 15) is 14.0 Å². The zero-order valence-electron chi connectivity index (χ0n) is 17.5. The van der Waals surface area contributed by atoms with Crippen LogP contribution in [0.2, 0.25) is 0 Å². The number of amides is 1. The Labute approximate surface area is 176 Å². The molecule has 154 valence electrons. The van der Waals surface area contributed by atoms with Crippen LogP contribution in [-0.4, -0.2) is 23.7 Å². The molecule has 0 saturated heterocycles. The van der Waals surface area contributed by atoms with Gasteiger partial charge < -0.3 is 4.90 Å². The number of ketones is 1. The van der Waals surface area contributed by atoms with Crippen LogP contribution in [-0.2, 0) is 11.2 Å². The smallest absolute Gasteiger partial charge is 0.226 e. The Hall–Kier alpha value is -3.34. The van der Waals surface area contributed by atoms with Crippen LogP contribution in [0.15, 0.2) is 60.8 Å². The van der Waals surface area contributed by atoms with Crippen LogP contribution in [0.3, 0.4) is 0 Å². The summed E-state index contributed by atoms with van der Waals surface area (Å²) in [4.78, 5) is 30.1. The number of hydrogen-bond donors (Lipinski definition) is 0. The number of Topliss-reactive ketones (excluding diaryl/α,β-unsaturated/α-hetero) is 1. The van der Waals surface area contributed by atoms with Gasteiger partial charge in [0, 0.05) is 48.6 Å². The molecule has 0 saturated carbocycles. The molecule has 0 radical (unpaired) electrons. The lowest BCUT2D eigenvalue weighted by Gasteiger charge is -2.17. The van der Waals surface area contributed by atoms with Crippen LogP contribution < -0.4 is 4.90 Å². The minimum atomic E-state index is -0.441. The van der Waals surface area contributed by atoms with Crippen molar-refractivity contribution in [3.05, 3.63) is 83.4 Å². The summed E-state index contributed by atoms with van der Waals surface area (Å²) >= 11 is 0. The van der Waals surface area contributed by atoms with Crippen LogP contribution in [0.4, 0.5) is 10.1 Å². The normalized spacial score (nSPS) is 10.7. The monoisotopic (exact) mass is 404 g/mol. The molecule has 1 amide bonds. The molecule has 2 aromatic carbocycles. The average Bonchev–Trinajstić information content (AvgIpc) is 2.77. The molecule has 0 N–H and O–H groups in total. The Morgan fingerprint density at radius 3 is 2.43 bits per heavy atom. The van der Waals surface area contributed by atoms with Gasteiger partial charge in [0.1, 0.15) is 5.82 Å². The van der Waals surface area contributed by atoms with Crippen molar-refractivity contribution in [3.8, 4) is 11.1 Å². The fourth-order valence-electron chi connectivity index (χ4n) is 3.34. The number of hydrogen-bond acceptors (Lipinski definition) is 3. The lowest BCUT2D eigenvalue weighted by molar-refractivity contribution is -0.118. The van der Waals surface area contributed by atoms with E-state index in [1.807, 2.05) is 26.0 Å². The molecule has 0 aliphatic carbocycles. The average molecular weight is 404 g/mol. The second-order valence-corrected chi connectivity index (χ2v) is 7.22. The fourth-order valence-corrected chi connectivity index (χ4v) is 3.34. The van der Waals surface area contributed by atoms with E-state index >= 15 is 0 Å². The summed E-state index contributed by atoms with van der Waals surface area (Å²) in [6.45, 7) is 3.72. The maximum Gasteiger partial charge on any atom is 0.226 e. The highest BCUT2D eigenvalue weighted by Crippen LogP contribution is 2.27. The summed E-state index contributed by atoms with van der Waals surface area (Å²) in [6, 6.07) is 15.5. The fraction of sp³-hybridized carbons (Fsp3) is 0.240. The van der Waals surface area contributed by atoms with E-state index in [1.54, 1.807) is 54.5 Å². The number of pyridine rings is 1. The van der Waals surface area contributed by atoms with Crippen LogP contribution in [0.5, 0.6) is 0 Å². The van der Waals surface area contributed by atoms with Gasteiger partial charge in [-0.1, -0.05) is 37.3 Å². The summed E-state index contributed by atoms with van der Waals surface area (Å²) in [5.74, 6) is -0.527. The zero-order chi connectivity index (χ0) is 21.7. The molecular formula is C25H25FN2O2. The molecule has 0 unspecified atom stereocenters. The van der Waals surface area contributed by atoms with Crippen molar-refractivity contribution >= 4 is 17.4 Å². The highest BCUT2D eigenvalue weighted by Gasteiger charge is 2.13. The molecule has 5 heteroatoms. The Morgan fingerprint density at radius 2 is 1.80 bits per heavy atom. The molecule has 1 aromatic heterocycles. The lowest BCUT2D eigenvalue weighted by atomic mass is 9.98. The predicted molar refractivity (Wildman–Crippen MR) is 117 cm³/mol. The summed E-state index contributed by atoms with van der Waals surface area (Å²) in [5, 5.41) is 0. The quantitative estimate of drug-likeness (QED) is 0.497. The molecule has 0 aliphatic heterocycles. The van der Waals surface area contributed by atoms with E-state index in [0.717, 1.165) is 16.9 Å². The van der Waals surface area contributed by atoms with Crippen molar-refractivity contribution in [1.82, 2.24) is 4.98 Å². The summed E-state index contributed by atoms with van der Waals surface area (Å²) in [7, 11) is 1.72. The molecule has 0 fully saturated rings. The third-order valence-corrected chi connectivity index (χ3v) is 5.27. The van der Waals surface area contributed by atoms with Gasteiger partial charge >= 0.3 is 0 Å². The van der Waals surface area contributed by atoms with E-state index in [2.05, 4.69) is 4.98 Å². The Morgan fingerprint density at radius 1 is 1.07 bits per heavy atom. The van der Waals surface area contributed by atoms with Crippen LogP contribution in [0, 0.1) is 12.7 Å². The van der Waals surface area contributed by atoms with Crippen LogP contribution in [0.25, 0.3) is 11.1 Å². The second kappa shape index (κ2) is 9.44. The number of aromatic nitrogens is 1. The first kappa shape index (κ1) is 21.4. The van der Waals surface area contributed by atoms with Crippen molar-refractivity contribution < 1.29 is 14.0 Å². The van der Waals surface area contributed by atoms with Gasteiger partial charge in [0.25, 0.3) is 0 Å². The largest absolute Gasteiger partial charge is 0.316 e. The van der Waals surface area contributed by atoms with Crippen LogP contribution >= 0.6 is 0 Å². The van der Waals surface area contributed by atoms with Gasteiger partial charge in [-0.2, -0.15) is 0 Å². The standard InChI is InChI=1S/C25H25FN2O2/c1-4-25(30)28(3)21-11-7-19(8-12-21)22-13-9-20(16-23(22)26)24(29)14-10-18-6-5-15-27-17(18)2/h5-9,11-13,15-16H,4,10,14H2,1-3H3. The van der Waals surface area contributed by atoms with Gasteiger partial charge in [-0.15, -0.1) is 0 Å². The summed E-state index contributed by atoms with van der Waals surface area (Å²) < 4.78 is 14.7. The van der Waals surface area contributed by atoms with E-state index in [-0.39, 0.29) is 11.7 Å². The molecule has 1 heterocycles. The molecular weight excluding hydrogens is 379 g/mol. The predicted octanol–water partition coefficient (Wildman–Crippen LogP) is 5.38. The third kappa shape index (κ3) is 4.79. The van der Waals surface area contributed by atoms with Crippen molar-refractivity contribution in [2.24, 2.45) is 0 Å². The minimum absolute atomic E-state index is 0.0123. The first-order chi connectivity index (χ1) is 14.4. The maximum absolute atomic E-state index is 14.7. The number of carbonyl (C=O) groups is 2. The van der Waals surface area contributed by atoms with Gasteiger partial charge in [-0.3, -0.25) is 14.6 Å². The first-order valence-corrected chi connectivity index (χ1v) is 10.0. The number of aryl methyl sites for hydroxylation is 2. The first-order valence-electron chi connectivity index (χ1n) is 10.0. The maximum atomic E-state index is 14.7. The van der Waals surface area contributed by atoms with E-state index in [4.69, 9.17) is 0 Å². The van der Waals surface area contributed by atoms with Crippen LogP contribution in [0.1, 0.15) is 41.4 Å². The minimum Gasteiger partial charge on any atom is -0.316 e. The molecule has 30 heavy (non-hydrogen) atoms. The van der Waals surface area contributed by atoms with Gasteiger partial charge in [-0.05, 0) is 48.7 Å². The number of carbonyl (C=O) groups excluding carboxylic acids is 2. The molecule has 3 rings (SSSR count). The molecule has 0 atom stereocenters. The summed E-state index contributed by atoms with van der Waals surface area (Å²) in [5.41, 5.74) is 4.16. The Bertz CT molecular complexity index is 1060. The van der Waals surface area contributed by atoms with E-state index in [0.29, 0.717) is 36.0 Å². The number of benzene rings is 2. The molecule has 0 aliphatic rings. The SMILES string of the molecule is CCC(=O)N(C)c1ccc(-c2ccc(C(=O)CCc3cccnc3C)cc2F)cc1. The third-order valence-electron chi connectivity index (χ3n) is 5.27. The highest BCUT2D eigenvalue weighted by molar-refractivity contribution is 5.97. The number of halogens is 1. The summed E-state index contributed by atoms with van der Waals surface area (Å²) in [6.07, 6.45) is 3.02. The number of rotatable bonds is 7. The molecule has 3 aromatic rings. The second-order valence-electron chi connectivity index (χ2n) is 7.22. The van der Waals surface area contributed by atoms with Gasteiger partial charge in [-0.25, -0.2) is 4.39 Å². The molecule has 0 bridgehead atoms. The van der Waals surface area contributed by atoms with Gasteiger partial charge in [0.2, 0.25) is 5.91 Å². The molecule has 0 spiro atoms. The highest BCUT2D eigenvalue weighted by atomic mass is 19.1.